The highest BCUT2D eigenvalue weighted by Gasteiger charge is 2.46. The Morgan fingerprint density at radius 2 is 1.90 bits per heavy atom. The molecule has 0 radical (unpaired) electrons. The van der Waals surface area contributed by atoms with Crippen molar-refractivity contribution in [3.63, 3.8) is 0 Å². The number of rotatable bonds is 5. The lowest BCUT2D eigenvalue weighted by molar-refractivity contribution is -0.117. The van der Waals surface area contributed by atoms with Gasteiger partial charge in [0.25, 0.3) is 5.91 Å². The molecule has 1 aromatic carbocycles. The molecule has 1 aliphatic rings. The van der Waals surface area contributed by atoms with Crippen LogP contribution in [0.15, 0.2) is 56.7 Å². The van der Waals surface area contributed by atoms with E-state index in [0.717, 1.165) is 4.90 Å². The third-order valence-corrected chi connectivity index (χ3v) is 4.80. The SMILES string of the molecule is COc1cc([C@@H]2C(C(=O)c3ccc(C)o3)=C(O)C(=O)N2c2cc(C)on2)ccc1O. The van der Waals surface area contributed by atoms with Gasteiger partial charge < -0.3 is 23.9 Å². The molecule has 2 N–H and O–H groups in total. The minimum absolute atomic E-state index is 0.0178. The van der Waals surface area contributed by atoms with Crippen molar-refractivity contribution in [3.8, 4) is 11.5 Å². The summed E-state index contributed by atoms with van der Waals surface area (Å²) >= 11 is 0. The summed E-state index contributed by atoms with van der Waals surface area (Å²) in [7, 11) is 1.38. The number of aromatic hydroxyl groups is 1. The summed E-state index contributed by atoms with van der Waals surface area (Å²) in [6, 6.07) is 7.93. The predicted octanol–water partition coefficient (Wildman–Crippen LogP) is 3.38. The van der Waals surface area contributed by atoms with Gasteiger partial charge >= 0.3 is 0 Å². The molecule has 3 heterocycles. The van der Waals surface area contributed by atoms with Gasteiger partial charge in [-0.15, -0.1) is 0 Å². The molecule has 30 heavy (non-hydrogen) atoms. The molecular formula is C21H18N2O7. The number of phenolic OH excluding ortho intramolecular Hbond substituents is 1. The molecule has 0 unspecified atom stereocenters. The van der Waals surface area contributed by atoms with Crippen molar-refractivity contribution < 1.29 is 33.5 Å². The monoisotopic (exact) mass is 410 g/mol. The van der Waals surface area contributed by atoms with Crippen LogP contribution in [0.25, 0.3) is 0 Å². The Bertz CT molecular complexity index is 1190. The molecule has 3 aromatic rings. The summed E-state index contributed by atoms with van der Waals surface area (Å²) in [4.78, 5) is 27.3. The fourth-order valence-corrected chi connectivity index (χ4v) is 3.41. The van der Waals surface area contributed by atoms with Gasteiger partial charge in [-0.05, 0) is 43.7 Å². The number of aromatic nitrogens is 1. The molecule has 2 aromatic heterocycles. The number of nitrogens with zero attached hydrogens (tertiary/aromatic N) is 2. The second-order valence-electron chi connectivity index (χ2n) is 6.81. The lowest BCUT2D eigenvalue weighted by Gasteiger charge is -2.24. The van der Waals surface area contributed by atoms with Gasteiger partial charge in [0.1, 0.15) is 11.5 Å². The number of carbonyl (C=O) groups excluding carboxylic acids is 2. The third-order valence-electron chi connectivity index (χ3n) is 4.80. The Morgan fingerprint density at radius 3 is 2.50 bits per heavy atom. The number of methoxy groups -OCH3 is 1. The maximum Gasteiger partial charge on any atom is 0.295 e. The Hall–Kier alpha value is -4.01. The molecule has 9 heteroatoms. The number of anilines is 1. The number of hydrogen-bond acceptors (Lipinski definition) is 8. The van der Waals surface area contributed by atoms with Crippen molar-refractivity contribution in [3.05, 3.63) is 70.6 Å². The van der Waals surface area contributed by atoms with Gasteiger partial charge in [0.15, 0.2) is 28.8 Å². The lowest BCUT2D eigenvalue weighted by atomic mass is 9.94. The summed E-state index contributed by atoms with van der Waals surface area (Å²) in [5.74, 6) is -1.08. The molecule has 0 aliphatic carbocycles. The van der Waals surface area contributed by atoms with Gasteiger partial charge in [-0.2, -0.15) is 0 Å². The number of furan rings is 1. The molecule has 0 bridgehead atoms. The number of ether oxygens (including phenoxy) is 1. The number of aliphatic hydroxyl groups is 1. The minimum Gasteiger partial charge on any atom is -0.504 e. The fourth-order valence-electron chi connectivity index (χ4n) is 3.41. The van der Waals surface area contributed by atoms with E-state index >= 15 is 0 Å². The zero-order valence-electron chi connectivity index (χ0n) is 16.4. The smallest absolute Gasteiger partial charge is 0.295 e. The van der Waals surface area contributed by atoms with Gasteiger partial charge in [0.2, 0.25) is 5.78 Å². The first-order valence-electron chi connectivity index (χ1n) is 9.00. The summed E-state index contributed by atoms with van der Waals surface area (Å²) in [6.07, 6.45) is 0. The van der Waals surface area contributed by atoms with E-state index in [9.17, 15) is 19.8 Å². The lowest BCUT2D eigenvalue weighted by Crippen LogP contribution is -2.31. The largest absolute Gasteiger partial charge is 0.504 e. The molecular weight excluding hydrogens is 392 g/mol. The number of aliphatic hydroxyl groups excluding tert-OH is 1. The maximum absolute atomic E-state index is 13.2. The first-order valence-corrected chi connectivity index (χ1v) is 9.00. The number of carbonyl (C=O) groups is 2. The minimum atomic E-state index is -1.05. The number of Topliss-reactive ketones (excluding diaryl/α,β-unsaturated/α-hetero) is 1. The van der Waals surface area contributed by atoms with Crippen LogP contribution in [0.3, 0.4) is 0 Å². The van der Waals surface area contributed by atoms with Crippen molar-refractivity contribution in [1.29, 1.82) is 0 Å². The van der Waals surface area contributed by atoms with Gasteiger partial charge in [-0.25, -0.2) is 0 Å². The van der Waals surface area contributed by atoms with Crippen molar-refractivity contribution in [1.82, 2.24) is 5.16 Å². The summed E-state index contributed by atoms with van der Waals surface area (Å²) < 4.78 is 15.6. The second kappa shape index (κ2) is 7.11. The maximum atomic E-state index is 13.2. The predicted molar refractivity (Wildman–Crippen MR) is 104 cm³/mol. The summed E-state index contributed by atoms with van der Waals surface area (Å²) in [6.45, 7) is 3.33. The standard InChI is InChI=1S/C21H18N2O7/c1-10-4-7-14(29-10)19(25)17-18(12-5-6-13(24)15(9-12)28-3)23(21(27)20(17)26)16-8-11(2)30-22-16/h4-9,18,24,26H,1-3H3/t18-/m1/s1. The van der Waals surface area contributed by atoms with Crippen LogP contribution >= 0.6 is 0 Å². The normalized spacial score (nSPS) is 16.4. The van der Waals surface area contributed by atoms with Gasteiger partial charge in [-0.3, -0.25) is 14.5 Å². The molecule has 1 aliphatic heterocycles. The van der Waals surface area contributed by atoms with Crippen molar-refractivity contribution >= 4 is 17.5 Å². The zero-order chi connectivity index (χ0) is 21.6. The highest BCUT2D eigenvalue weighted by atomic mass is 16.5. The average molecular weight is 410 g/mol. The third kappa shape index (κ3) is 3.00. The van der Waals surface area contributed by atoms with E-state index in [-0.39, 0.29) is 28.7 Å². The van der Waals surface area contributed by atoms with Crippen LogP contribution < -0.4 is 9.64 Å². The van der Waals surface area contributed by atoms with E-state index in [2.05, 4.69) is 5.16 Å². The van der Waals surface area contributed by atoms with Crippen molar-refractivity contribution in [2.24, 2.45) is 0 Å². The Labute approximate surface area is 170 Å². The highest BCUT2D eigenvalue weighted by Crippen LogP contribution is 2.43. The van der Waals surface area contributed by atoms with Gasteiger partial charge in [0, 0.05) is 6.07 Å². The highest BCUT2D eigenvalue weighted by molar-refractivity contribution is 6.20. The summed E-state index contributed by atoms with van der Waals surface area (Å²) in [5.41, 5.74) is 0.233. The number of amides is 1. The molecule has 0 spiro atoms. The molecule has 154 valence electrons. The Morgan fingerprint density at radius 1 is 1.13 bits per heavy atom. The Balaban J connectivity index is 1.90. The molecule has 0 fully saturated rings. The molecule has 9 nitrogen and oxygen atoms in total. The first-order chi connectivity index (χ1) is 14.3. The van der Waals surface area contributed by atoms with Crippen LogP contribution in [0.1, 0.15) is 33.7 Å². The van der Waals surface area contributed by atoms with Crippen LogP contribution in [0, 0.1) is 13.8 Å². The Kier molecular flexibility index (Phi) is 4.57. The first kappa shape index (κ1) is 19.3. The van der Waals surface area contributed by atoms with Crippen LogP contribution in [0.5, 0.6) is 11.5 Å². The van der Waals surface area contributed by atoms with Crippen LogP contribution in [0.2, 0.25) is 0 Å². The van der Waals surface area contributed by atoms with E-state index in [1.165, 1.54) is 37.4 Å². The number of phenols is 1. The molecule has 1 amide bonds. The van der Waals surface area contributed by atoms with E-state index < -0.39 is 23.5 Å². The van der Waals surface area contributed by atoms with Crippen LogP contribution in [0.4, 0.5) is 5.82 Å². The quantitative estimate of drug-likeness (QED) is 0.613. The molecule has 0 saturated carbocycles. The van der Waals surface area contributed by atoms with Gasteiger partial charge in [0.05, 0.1) is 18.7 Å². The zero-order valence-corrected chi connectivity index (χ0v) is 16.4. The van der Waals surface area contributed by atoms with E-state index in [1.54, 1.807) is 19.9 Å². The molecule has 0 saturated heterocycles. The summed E-state index contributed by atoms with van der Waals surface area (Å²) in [5, 5.41) is 24.4. The van der Waals surface area contributed by atoms with E-state index in [1.807, 2.05) is 0 Å². The number of aryl methyl sites for hydroxylation is 2. The van der Waals surface area contributed by atoms with E-state index in [0.29, 0.717) is 17.1 Å². The second-order valence-corrected chi connectivity index (χ2v) is 6.81. The van der Waals surface area contributed by atoms with Crippen molar-refractivity contribution in [2.75, 3.05) is 12.0 Å². The number of ketones is 1. The van der Waals surface area contributed by atoms with Crippen LogP contribution in [-0.2, 0) is 4.79 Å². The van der Waals surface area contributed by atoms with Crippen molar-refractivity contribution in [2.45, 2.75) is 19.9 Å². The van der Waals surface area contributed by atoms with Crippen LogP contribution in [-0.4, -0.2) is 34.2 Å². The average Bonchev–Trinajstić information content (AvgIpc) is 3.41. The fraction of sp³-hybridized carbons (Fsp3) is 0.190. The molecule has 4 rings (SSSR count). The van der Waals surface area contributed by atoms with E-state index in [4.69, 9.17) is 13.7 Å². The van der Waals surface area contributed by atoms with Gasteiger partial charge in [-0.1, -0.05) is 11.2 Å². The topological polar surface area (TPSA) is 126 Å². The number of benzene rings is 1. The molecule has 1 atom stereocenters. The number of hydrogen-bond donors (Lipinski definition) is 2.